The van der Waals surface area contributed by atoms with Crippen LogP contribution in [0.25, 0.3) is 0 Å². The van der Waals surface area contributed by atoms with Gasteiger partial charge >= 0.3 is 0 Å². The highest BCUT2D eigenvalue weighted by molar-refractivity contribution is 8.03. The van der Waals surface area contributed by atoms with Crippen molar-refractivity contribution in [2.75, 3.05) is 11.9 Å². The second-order valence-corrected chi connectivity index (χ2v) is 5.36. The lowest BCUT2D eigenvalue weighted by atomic mass is 9.84. The number of likely N-dealkylation sites (N-methyl/N-ethyl adjacent to an activating group) is 1. The number of nitrogens with zero attached hydrogens (tertiary/aromatic N) is 2. The van der Waals surface area contributed by atoms with Gasteiger partial charge in [-0.2, -0.15) is 5.26 Å². The van der Waals surface area contributed by atoms with Crippen LogP contribution in [-0.4, -0.2) is 7.05 Å². The second-order valence-electron chi connectivity index (χ2n) is 4.50. The Bertz CT molecular complexity index is 497. The summed E-state index contributed by atoms with van der Waals surface area (Å²) in [5, 5.41) is 10.8. The highest BCUT2D eigenvalue weighted by Crippen LogP contribution is 2.47. The molecule has 0 bridgehead atoms. The summed E-state index contributed by atoms with van der Waals surface area (Å²) in [7, 11) is 2.03. The molecule has 1 heterocycles. The van der Waals surface area contributed by atoms with Crippen LogP contribution in [0.15, 0.2) is 35.4 Å². The van der Waals surface area contributed by atoms with Crippen molar-refractivity contribution in [1.82, 2.24) is 0 Å². The molecule has 1 aromatic carbocycles. The highest BCUT2D eigenvalue weighted by Gasteiger charge is 2.37. The van der Waals surface area contributed by atoms with Crippen molar-refractivity contribution < 1.29 is 0 Å². The van der Waals surface area contributed by atoms with Crippen molar-refractivity contribution >= 4 is 17.4 Å². The van der Waals surface area contributed by atoms with Gasteiger partial charge in [0.15, 0.2) is 0 Å². The molecule has 0 saturated heterocycles. The van der Waals surface area contributed by atoms with Gasteiger partial charge in [0, 0.05) is 28.7 Å². The van der Waals surface area contributed by atoms with E-state index in [0.29, 0.717) is 0 Å². The lowest BCUT2D eigenvalue weighted by molar-refractivity contribution is 0.641. The van der Waals surface area contributed by atoms with Gasteiger partial charge in [-0.25, -0.2) is 0 Å². The molecule has 0 atom stereocenters. The molecule has 82 valence electrons. The van der Waals surface area contributed by atoms with Crippen LogP contribution in [0.4, 0.5) is 5.69 Å². The third-order valence-electron chi connectivity index (χ3n) is 3.29. The van der Waals surface area contributed by atoms with E-state index in [4.69, 9.17) is 5.26 Å². The number of nitriles is 1. The minimum atomic E-state index is -0.0455. The van der Waals surface area contributed by atoms with Gasteiger partial charge in [-0.1, -0.05) is 20.4 Å². The summed E-state index contributed by atoms with van der Waals surface area (Å²) in [5.41, 5.74) is 3.50. The molecule has 0 saturated carbocycles. The molecule has 3 heteroatoms. The molecule has 0 spiro atoms. The zero-order valence-electron chi connectivity index (χ0n) is 9.74. The molecule has 0 radical (unpaired) electrons. The number of hydrogen-bond donors (Lipinski definition) is 0. The fourth-order valence-electron chi connectivity index (χ4n) is 2.14. The first kappa shape index (κ1) is 11.1. The molecule has 0 unspecified atom stereocenters. The van der Waals surface area contributed by atoms with Gasteiger partial charge < -0.3 is 4.90 Å². The largest absolute Gasteiger partial charge is 0.348 e. The predicted octanol–water partition coefficient (Wildman–Crippen LogP) is 3.50. The van der Waals surface area contributed by atoms with Gasteiger partial charge in [0.05, 0.1) is 0 Å². The molecule has 0 fully saturated rings. The van der Waals surface area contributed by atoms with Crippen LogP contribution >= 0.6 is 11.8 Å². The van der Waals surface area contributed by atoms with Crippen molar-refractivity contribution in [2.24, 2.45) is 0 Å². The van der Waals surface area contributed by atoms with Crippen molar-refractivity contribution in [1.29, 1.82) is 5.26 Å². The zero-order chi connectivity index (χ0) is 11.9. The summed E-state index contributed by atoms with van der Waals surface area (Å²) in [5.74, 6) is 0. The van der Waals surface area contributed by atoms with Crippen molar-refractivity contribution in [3.8, 4) is 5.40 Å². The van der Waals surface area contributed by atoms with Crippen molar-refractivity contribution in [3.05, 3.63) is 36.0 Å². The van der Waals surface area contributed by atoms with Crippen LogP contribution in [0.1, 0.15) is 19.4 Å². The molecule has 0 aliphatic carbocycles. The molecule has 16 heavy (non-hydrogen) atoms. The number of hydrogen-bond acceptors (Lipinski definition) is 3. The Morgan fingerprint density at radius 2 is 2.12 bits per heavy atom. The summed E-state index contributed by atoms with van der Waals surface area (Å²) in [6, 6.07) is 6.14. The predicted molar refractivity (Wildman–Crippen MR) is 68.5 cm³/mol. The SMILES string of the molecule is C=C1N(C)c2ccc(SC#N)cc2C1(C)C. The van der Waals surface area contributed by atoms with Crippen LogP contribution < -0.4 is 4.90 Å². The zero-order valence-corrected chi connectivity index (χ0v) is 10.6. The maximum absolute atomic E-state index is 8.69. The van der Waals surface area contributed by atoms with E-state index in [0.717, 1.165) is 10.6 Å². The Morgan fingerprint density at radius 3 is 2.75 bits per heavy atom. The van der Waals surface area contributed by atoms with Gasteiger partial charge in [-0.05, 0) is 35.5 Å². The Morgan fingerprint density at radius 1 is 1.44 bits per heavy atom. The van der Waals surface area contributed by atoms with Gasteiger partial charge in [-0.15, -0.1) is 0 Å². The van der Waals surface area contributed by atoms with E-state index in [1.54, 1.807) is 0 Å². The van der Waals surface area contributed by atoms with Crippen molar-refractivity contribution in [3.63, 3.8) is 0 Å². The lowest BCUT2D eigenvalue weighted by Crippen LogP contribution is -2.21. The van der Waals surface area contributed by atoms with Crippen LogP contribution in [0, 0.1) is 10.7 Å². The Labute approximate surface area is 101 Å². The standard InChI is InChI=1S/C13H14N2S/c1-9-13(2,3)11-7-10(16-8-14)5-6-12(11)15(9)4/h5-7H,1H2,2-4H3. The third-order valence-corrected chi connectivity index (χ3v) is 3.87. The van der Waals surface area contributed by atoms with Crippen LogP contribution in [0.2, 0.25) is 0 Å². The minimum absolute atomic E-state index is 0.0455. The molecule has 2 nitrogen and oxygen atoms in total. The van der Waals surface area contributed by atoms with E-state index < -0.39 is 0 Å². The molecular formula is C13H14N2S. The van der Waals surface area contributed by atoms with E-state index in [1.165, 1.54) is 23.0 Å². The summed E-state index contributed by atoms with van der Waals surface area (Å²) in [6.07, 6.45) is 0. The monoisotopic (exact) mass is 230 g/mol. The van der Waals surface area contributed by atoms with E-state index in [1.807, 2.05) is 13.1 Å². The number of anilines is 1. The van der Waals surface area contributed by atoms with Crippen LogP contribution in [0.5, 0.6) is 0 Å². The number of fused-ring (bicyclic) bond motifs is 1. The average molecular weight is 230 g/mol. The molecule has 0 aromatic heterocycles. The molecule has 0 amide bonds. The van der Waals surface area contributed by atoms with Crippen molar-refractivity contribution in [2.45, 2.75) is 24.2 Å². The number of allylic oxidation sites excluding steroid dienone is 1. The van der Waals surface area contributed by atoms with E-state index >= 15 is 0 Å². The smallest absolute Gasteiger partial charge is 0.138 e. The molecule has 1 aromatic rings. The molecule has 1 aliphatic heterocycles. The summed E-state index contributed by atoms with van der Waals surface area (Å²) in [6.45, 7) is 8.46. The van der Waals surface area contributed by atoms with Gasteiger partial charge in [-0.3, -0.25) is 0 Å². The quantitative estimate of drug-likeness (QED) is 0.546. The summed E-state index contributed by atoms with van der Waals surface area (Å²) in [4.78, 5) is 3.12. The Balaban J connectivity index is 2.57. The lowest BCUT2D eigenvalue weighted by Gasteiger charge is -2.22. The number of rotatable bonds is 1. The molecular weight excluding hydrogens is 216 g/mol. The minimum Gasteiger partial charge on any atom is -0.348 e. The fourth-order valence-corrected chi connectivity index (χ4v) is 2.56. The van der Waals surface area contributed by atoms with Gasteiger partial charge in [0.25, 0.3) is 0 Å². The number of thioether (sulfide) groups is 1. The first-order valence-electron chi connectivity index (χ1n) is 5.12. The third kappa shape index (κ3) is 1.42. The summed E-state index contributed by atoms with van der Waals surface area (Å²) >= 11 is 1.20. The topological polar surface area (TPSA) is 27.0 Å². The first-order valence-corrected chi connectivity index (χ1v) is 5.93. The van der Waals surface area contributed by atoms with E-state index in [2.05, 4.69) is 42.9 Å². The highest BCUT2D eigenvalue weighted by atomic mass is 32.2. The Kier molecular flexibility index (Phi) is 2.47. The second kappa shape index (κ2) is 3.57. The van der Waals surface area contributed by atoms with E-state index in [9.17, 15) is 0 Å². The normalized spacial score (nSPS) is 17.1. The maximum atomic E-state index is 8.69. The average Bonchev–Trinajstić information content (AvgIpc) is 2.42. The molecule has 0 N–H and O–H groups in total. The Hall–Kier alpha value is -1.40. The first-order chi connectivity index (χ1) is 7.48. The van der Waals surface area contributed by atoms with Gasteiger partial charge in [0.2, 0.25) is 0 Å². The fraction of sp³-hybridized carbons (Fsp3) is 0.308. The van der Waals surface area contributed by atoms with E-state index in [-0.39, 0.29) is 5.41 Å². The van der Waals surface area contributed by atoms with Crippen LogP contribution in [-0.2, 0) is 5.41 Å². The molecule has 1 aliphatic rings. The number of thiocyanates is 1. The van der Waals surface area contributed by atoms with Crippen LogP contribution in [0.3, 0.4) is 0 Å². The number of benzene rings is 1. The molecule has 2 rings (SSSR count). The van der Waals surface area contributed by atoms with Gasteiger partial charge in [0.1, 0.15) is 5.40 Å². The maximum Gasteiger partial charge on any atom is 0.138 e. The summed E-state index contributed by atoms with van der Waals surface area (Å²) < 4.78 is 0.